The zero-order chi connectivity index (χ0) is 20.9. The fourth-order valence-corrected chi connectivity index (χ4v) is 8.00. The summed E-state index contributed by atoms with van der Waals surface area (Å²) in [5.74, 6) is -1.07. The zero-order valence-electron chi connectivity index (χ0n) is 17.5. The lowest BCUT2D eigenvalue weighted by Crippen LogP contribution is -2.77. The monoisotopic (exact) mass is 417 g/mol. The molecule has 0 unspecified atom stereocenters. The summed E-state index contributed by atoms with van der Waals surface area (Å²) in [6.45, 7) is 2.77. The molecule has 31 heavy (non-hydrogen) atoms. The van der Waals surface area contributed by atoms with Gasteiger partial charge >= 0.3 is 0 Å². The number of rotatable bonds is 1. The van der Waals surface area contributed by atoms with E-state index in [1.807, 2.05) is 41.3 Å². The Morgan fingerprint density at radius 3 is 2.61 bits per heavy atom. The Kier molecular flexibility index (Phi) is 3.55. The van der Waals surface area contributed by atoms with E-state index in [0.29, 0.717) is 17.6 Å². The van der Waals surface area contributed by atoms with E-state index in [1.165, 1.54) is 24.2 Å². The standard InChI is InChI=1S/C25H27N3O3/c29-22-18-9-10-25(16-12-15(13-27(22)25)19-8-4-5-11-26(19)14-16)21-20(18)23(30)28(24(21)31)17-6-2-1-3-7-17/h1-3,6-7,9-10,15-16,18-21H,4-5,8,11-14H2/t15-,16-,18-,19-,20+,21-,25-/m1/s1. The second-order valence-electron chi connectivity index (χ2n) is 10.3. The van der Waals surface area contributed by atoms with Crippen molar-refractivity contribution in [3.63, 3.8) is 0 Å². The minimum atomic E-state index is -0.647. The third-order valence-corrected chi connectivity index (χ3v) is 9.16. The Labute approximate surface area is 181 Å². The van der Waals surface area contributed by atoms with Crippen LogP contribution in [-0.4, -0.2) is 58.7 Å². The smallest absolute Gasteiger partial charge is 0.240 e. The molecule has 5 saturated heterocycles. The van der Waals surface area contributed by atoms with E-state index in [1.54, 1.807) is 0 Å². The molecular formula is C25H27N3O3. The van der Waals surface area contributed by atoms with E-state index < -0.39 is 23.3 Å². The maximum Gasteiger partial charge on any atom is 0.240 e. The molecule has 5 fully saturated rings. The highest BCUT2D eigenvalue weighted by Gasteiger charge is 2.72. The van der Waals surface area contributed by atoms with Crippen molar-refractivity contribution in [3.05, 3.63) is 42.5 Å². The second kappa shape index (κ2) is 6.06. The Morgan fingerprint density at radius 2 is 1.77 bits per heavy atom. The predicted octanol–water partition coefficient (Wildman–Crippen LogP) is 2.06. The summed E-state index contributed by atoms with van der Waals surface area (Å²) in [6.07, 6.45) is 8.89. The molecule has 7 aliphatic rings. The number of carbonyl (C=O) groups is 3. The van der Waals surface area contributed by atoms with Gasteiger partial charge in [0.25, 0.3) is 0 Å². The molecule has 1 spiro atoms. The van der Waals surface area contributed by atoms with Crippen LogP contribution in [0.3, 0.4) is 0 Å². The molecule has 1 aliphatic carbocycles. The van der Waals surface area contributed by atoms with Gasteiger partial charge in [-0.05, 0) is 49.8 Å². The first-order valence-corrected chi connectivity index (χ1v) is 11.8. The van der Waals surface area contributed by atoms with Crippen molar-refractivity contribution in [2.45, 2.75) is 37.3 Å². The van der Waals surface area contributed by atoms with Gasteiger partial charge in [0, 0.05) is 19.1 Å². The van der Waals surface area contributed by atoms with E-state index in [2.05, 4.69) is 11.0 Å². The Hall–Kier alpha value is -2.47. The number of benzene rings is 1. The van der Waals surface area contributed by atoms with Crippen LogP contribution in [0.25, 0.3) is 0 Å². The summed E-state index contributed by atoms with van der Waals surface area (Å²) >= 11 is 0. The summed E-state index contributed by atoms with van der Waals surface area (Å²) in [7, 11) is 0. The Morgan fingerprint density at radius 1 is 0.935 bits per heavy atom. The molecule has 1 aromatic rings. The van der Waals surface area contributed by atoms with E-state index in [0.717, 1.165) is 26.1 Å². The van der Waals surface area contributed by atoms with Gasteiger partial charge in [0.15, 0.2) is 0 Å². The fraction of sp³-hybridized carbons (Fsp3) is 0.560. The topological polar surface area (TPSA) is 60.9 Å². The molecule has 4 bridgehead atoms. The second-order valence-corrected chi connectivity index (χ2v) is 10.3. The normalized spacial score (nSPS) is 43.2. The van der Waals surface area contributed by atoms with Crippen molar-refractivity contribution in [2.24, 2.45) is 29.6 Å². The molecule has 0 N–H and O–H groups in total. The number of fused-ring (bicyclic) bond motifs is 4. The van der Waals surface area contributed by atoms with Gasteiger partial charge in [-0.25, -0.2) is 4.90 Å². The molecular weight excluding hydrogens is 390 g/mol. The van der Waals surface area contributed by atoms with Crippen molar-refractivity contribution in [1.82, 2.24) is 9.80 Å². The number of amides is 3. The van der Waals surface area contributed by atoms with Gasteiger partial charge < -0.3 is 4.90 Å². The predicted molar refractivity (Wildman–Crippen MR) is 114 cm³/mol. The lowest BCUT2D eigenvalue weighted by Gasteiger charge is -2.66. The van der Waals surface area contributed by atoms with Crippen LogP contribution in [0.1, 0.15) is 25.7 Å². The number of carbonyl (C=O) groups excluding carboxylic acids is 3. The van der Waals surface area contributed by atoms with Gasteiger partial charge in [0.2, 0.25) is 17.7 Å². The van der Waals surface area contributed by atoms with E-state index in [-0.39, 0.29) is 23.6 Å². The molecule has 7 atom stereocenters. The number of anilines is 1. The van der Waals surface area contributed by atoms with Crippen LogP contribution in [0.5, 0.6) is 0 Å². The highest BCUT2D eigenvalue weighted by molar-refractivity contribution is 6.24. The van der Waals surface area contributed by atoms with Gasteiger partial charge in [-0.3, -0.25) is 19.3 Å². The molecule has 0 aromatic heterocycles. The van der Waals surface area contributed by atoms with Gasteiger partial charge in [-0.1, -0.05) is 36.8 Å². The first-order valence-electron chi connectivity index (χ1n) is 11.8. The van der Waals surface area contributed by atoms with E-state index >= 15 is 0 Å². The number of nitrogens with zero attached hydrogens (tertiary/aromatic N) is 3. The molecule has 3 amide bonds. The maximum atomic E-state index is 13.9. The van der Waals surface area contributed by atoms with Crippen LogP contribution in [0.2, 0.25) is 0 Å². The minimum Gasteiger partial charge on any atom is -0.332 e. The van der Waals surface area contributed by atoms with Crippen LogP contribution in [-0.2, 0) is 14.4 Å². The Balaban J connectivity index is 1.35. The largest absolute Gasteiger partial charge is 0.332 e. The van der Waals surface area contributed by atoms with Gasteiger partial charge in [-0.2, -0.15) is 0 Å². The Bertz CT molecular complexity index is 1020. The maximum absolute atomic E-state index is 13.9. The fourth-order valence-electron chi connectivity index (χ4n) is 8.00. The molecule has 6 aliphatic heterocycles. The molecule has 0 radical (unpaired) electrons. The van der Waals surface area contributed by atoms with Crippen molar-refractivity contribution < 1.29 is 14.4 Å². The molecule has 6 heteroatoms. The van der Waals surface area contributed by atoms with E-state index in [4.69, 9.17) is 0 Å². The summed E-state index contributed by atoms with van der Waals surface area (Å²) in [5, 5.41) is 0. The SMILES string of the molecule is O=C1[C@H]2[C@H]3C=C[C@@]4([C@@H]5C[C@H](CN4C3=O)[C@H]3CCCCN3C5)[C@H]2C(=O)N1c1ccccc1. The van der Waals surface area contributed by atoms with Crippen LogP contribution < -0.4 is 4.90 Å². The number of hydrogen-bond acceptors (Lipinski definition) is 4. The van der Waals surface area contributed by atoms with Gasteiger partial charge in [-0.15, -0.1) is 0 Å². The van der Waals surface area contributed by atoms with Crippen LogP contribution in [0, 0.1) is 29.6 Å². The molecule has 6 heterocycles. The highest BCUT2D eigenvalue weighted by atomic mass is 16.2. The van der Waals surface area contributed by atoms with Crippen molar-refractivity contribution in [3.8, 4) is 0 Å². The number of para-hydroxylation sites is 1. The highest BCUT2D eigenvalue weighted by Crippen LogP contribution is 2.59. The van der Waals surface area contributed by atoms with Crippen molar-refractivity contribution in [1.29, 1.82) is 0 Å². The minimum absolute atomic E-state index is 0.0683. The average molecular weight is 418 g/mol. The lowest BCUT2D eigenvalue weighted by atomic mass is 9.53. The summed E-state index contributed by atoms with van der Waals surface area (Å²) in [4.78, 5) is 47.1. The summed E-state index contributed by atoms with van der Waals surface area (Å²) in [5.41, 5.74) is -0.0266. The summed E-state index contributed by atoms with van der Waals surface area (Å²) in [6, 6.07) is 9.78. The third-order valence-electron chi connectivity index (χ3n) is 9.16. The zero-order valence-corrected chi connectivity index (χ0v) is 17.5. The molecule has 6 nitrogen and oxygen atoms in total. The van der Waals surface area contributed by atoms with Gasteiger partial charge in [0.05, 0.1) is 29.0 Å². The lowest BCUT2D eigenvalue weighted by molar-refractivity contribution is -0.182. The van der Waals surface area contributed by atoms with Crippen LogP contribution in [0.15, 0.2) is 42.5 Å². The first kappa shape index (κ1) is 18.1. The molecule has 8 rings (SSSR count). The molecule has 160 valence electrons. The molecule has 1 aromatic carbocycles. The van der Waals surface area contributed by atoms with E-state index in [9.17, 15) is 14.4 Å². The number of imide groups is 1. The average Bonchev–Trinajstić information content (AvgIpc) is 3.08. The number of piperidine rings is 4. The molecule has 0 saturated carbocycles. The van der Waals surface area contributed by atoms with Crippen LogP contribution in [0.4, 0.5) is 5.69 Å². The van der Waals surface area contributed by atoms with Crippen LogP contribution >= 0.6 is 0 Å². The quantitative estimate of drug-likeness (QED) is 0.519. The van der Waals surface area contributed by atoms with Gasteiger partial charge in [0.1, 0.15) is 0 Å². The first-order chi connectivity index (χ1) is 15.1. The number of hydrogen-bond donors (Lipinski definition) is 0. The van der Waals surface area contributed by atoms with Crippen molar-refractivity contribution in [2.75, 3.05) is 24.5 Å². The third kappa shape index (κ3) is 2.10. The van der Waals surface area contributed by atoms with Crippen molar-refractivity contribution >= 4 is 23.4 Å². The summed E-state index contributed by atoms with van der Waals surface area (Å²) < 4.78 is 0.